The summed E-state index contributed by atoms with van der Waals surface area (Å²) in [7, 11) is 1.70. The molecule has 1 unspecified atom stereocenters. The standard InChI is InChI=1S/C17H23ClN4O2/c1-23-15-5-4-14(18)8-13(15)7-12-3-2-6-22(10-12)11-16-20-17(9-19)24-21-16/h4-5,8,12H,2-3,6-7,9-11,19H2,1H3. The van der Waals surface area contributed by atoms with Crippen LogP contribution in [0, 0.1) is 5.92 Å². The molecular weight excluding hydrogens is 328 g/mol. The number of nitrogens with zero attached hydrogens (tertiary/aromatic N) is 3. The third-order valence-corrected chi connectivity index (χ3v) is 4.64. The number of likely N-dealkylation sites (tertiary alicyclic amines) is 1. The van der Waals surface area contributed by atoms with Crippen LogP contribution in [0.25, 0.3) is 0 Å². The number of piperidine rings is 1. The molecule has 130 valence electrons. The zero-order valence-electron chi connectivity index (χ0n) is 13.9. The molecule has 2 heterocycles. The molecule has 0 saturated carbocycles. The van der Waals surface area contributed by atoms with Crippen LogP contribution >= 0.6 is 11.6 Å². The highest BCUT2D eigenvalue weighted by atomic mass is 35.5. The summed E-state index contributed by atoms with van der Waals surface area (Å²) in [5.74, 6) is 2.66. The van der Waals surface area contributed by atoms with Crippen molar-refractivity contribution in [3.8, 4) is 5.75 Å². The number of rotatable bonds is 6. The molecule has 1 aliphatic heterocycles. The first-order valence-corrected chi connectivity index (χ1v) is 8.62. The van der Waals surface area contributed by atoms with Gasteiger partial charge in [-0.1, -0.05) is 16.8 Å². The quantitative estimate of drug-likeness (QED) is 0.863. The summed E-state index contributed by atoms with van der Waals surface area (Å²) < 4.78 is 10.5. The zero-order chi connectivity index (χ0) is 16.9. The lowest BCUT2D eigenvalue weighted by molar-refractivity contribution is 0.161. The fourth-order valence-corrected chi connectivity index (χ4v) is 3.51. The van der Waals surface area contributed by atoms with Gasteiger partial charge in [-0.05, 0) is 55.5 Å². The average molecular weight is 351 g/mol. The van der Waals surface area contributed by atoms with Crippen molar-refractivity contribution < 1.29 is 9.26 Å². The van der Waals surface area contributed by atoms with Gasteiger partial charge in [0.2, 0.25) is 5.89 Å². The Balaban J connectivity index is 1.62. The van der Waals surface area contributed by atoms with Gasteiger partial charge in [-0.2, -0.15) is 4.98 Å². The predicted octanol–water partition coefficient (Wildman–Crippen LogP) is 2.64. The van der Waals surface area contributed by atoms with E-state index < -0.39 is 0 Å². The number of halogens is 1. The van der Waals surface area contributed by atoms with Gasteiger partial charge in [-0.25, -0.2) is 0 Å². The third-order valence-electron chi connectivity index (χ3n) is 4.40. The van der Waals surface area contributed by atoms with Crippen LogP contribution in [0.5, 0.6) is 5.75 Å². The molecular formula is C17H23ClN4O2. The van der Waals surface area contributed by atoms with Crippen LogP contribution in [0.1, 0.15) is 30.1 Å². The summed E-state index contributed by atoms with van der Waals surface area (Å²) in [5, 5.41) is 4.73. The number of methoxy groups -OCH3 is 1. The summed E-state index contributed by atoms with van der Waals surface area (Å²) in [6, 6.07) is 5.81. The molecule has 0 bridgehead atoms. The second kappa shape index (κ2) is 7.96. The Hall–Kier alpha value is -1.63. The number of aromatic nitrogens is 2. The maximum absolute atomic E-state index is 6.14. The topological polar surface area (TPSA) is 77.4 Å². The maximum Gasteiger partial charge on any atom is 0.240 e. The molecule has 1 fully saturated rings. The second-order valence-corrected chi connectivity index (χ2v) is 6.65. The fraction of sp³-hybridized carbons (Fsp3) is 0.529. The van der Waals surface area contributed by atoms with Crippen molar-refractivity contribution in [2.24, 2.45) is 11.7 Å². The number of hydrogen-bond donors (Lipinski definition) is 1. The molecule has 0 spiro atoms. The number of nitrogens with two attached hydrogens (primary N) is 1. The molecule has 0 radical (unpaired) electrons. The van der Waals surface area contributed by atoms with Gasteiger partial charge >= 0.3 is 0 Å². The zero-order valence-corrected chi connectivity index (χ0v) is 14.6. The minimum Gasteiger partial charge on any atom is -0.496 e. The summed E-state index contributed by atoms with van der Waals surface area (Å²) in [6.45, 7) is 3.04. The van der Waals surface area contributed by atoms with E-state index in [1.807, 2.05) is 18.2 Å². The molecule has 24 heavy (non-hydrogen) atoms. The highest BCUT2D eigenvalue weighted by Gasteiger charge is 2.23. The van der Waals surface area contributed by atoms with Crippen LogP contribution in [0.3, 0.4) is 0 Å². The van der Waals surface area contributed by atoms with Crippen molar-refractivity contribution >= 4 is 11.6 Å². The van der Waals surface area contributed by atoms with Crippen LogP contribution in [0.4, 0.5) is 0 Å². The number of ether oxygens (including phenoxy) is 1. The van der Waals surface area contributed by atoms with Crippen LogP contribution in [-0.4, -0.2) is 35.2 Å². The van der Waals surface area contributed by atoms with E-state index in [4.69, 9.17) is 26.6 Å². The summed E-state index contributed by atoms with van der Waals surface area (Å²) in [5.41, 5.74) is 6.68. The molecule has 2 aromatic rings. The molecule has 6 nitrogen and oxygen atoms in total. The number of hydrogen-bond acceptors (Lipinski definition) is 6. The third kappa shape index (κ3) is 4.26. The Morgan fingerprint density at radius 2 is 2.33 bits per heavy atom. The SMILES string of the molecule is COc1ccc(Cl)cc1CC1CCCN(Cc2noc(CN)n2)C1. The largest absolute Gasteiger partial charge is 0.496 e. The molecule has 3 rings (SSSR count). The first kappa shape index (κ1) is 17.2. The highest BCUT2D eigenvalue weighted by Crippen LogP contribution is 2.28. The smallest absolute Gasteiger partial charge is 0.240 e. The predicted molar refractivity (Wildman–Crippen MR) is 91.9 cm³/mol. The Labute approximate surface area is 146 Å². The molecule has 2 N–H and O–H groups in total. The van der Waals surface area contributed by atoms with E-state index >= 15 is 0 Å². The first-order valence-electron chi connectivity index (χ1n) is 8.24. The molecule has 1 saturated heterocycles. The van der Waals surface area contributed by atoms with Gasteiger partial charge in [0, 0.05) is 11.6 Å². The van der Waals surface area contributed by atoms with Gasteiger partial charge in [0.1, 0.15) is 5.75 Å². The van der Waals surface area contributed by atoms with E-state index in [0.29, 0.717) is 24.2 Å². The molecule has 7 heteroatoms. The first-order chi connectivity index (χ1) is 11.7. The molecule has 1 aromatic carbocycles. The van der Waals surface area contributed by atoms with Gasteiger partial charge in [0.25, 0.3) is 0 Å². The lowest BCUT2D eigenvalue weighted by Gasteiger charge is -2.32. The van der Waals surface area contributed by atoms with Crippen molar-refractivity contribution in [3.05, 3.63) is 40.5 Å². The summed E-state index contributed by atoms with van der Waals surface area (Å²) >= 11 is 6.14. The Kier molecular flexibility index (Phi) is 5.71. The average Bonchev–Trinajstić information content (AvgIpc) is 3.03. The molecule has 1 aromatic heterocycles. The van der Waals surface area contributed by atoms with Crippen molar-refractivity contribution in [1.82, 2.24) is 15.0 Å². The molecule has 0 amide bonds. The highest BCUT2D eigenvalue weighted by molar-refractivity contribution is 6.30. The fourth-order valence-electron chi connectivity index (χ4n) is 3.32. The van der Waals surface area contributed by atoms with Gasteiger partial charge in [0.15, 0.2) is 5.82 Å². The van der Waals surface area contributed by atoms with Gasteiger partial charge in [-0.15, -0.1) is 0 Å². The van der Waals surface area contributed by atoms with Gasteiger partial charge in [-0.3, -0.25) is 4.90 Å². The van der Waals surface area contributed by atoms with Crippen LogP contribution in [0.2, 0.25) is 5.02 Å². The van der Waals surface area contributed by atoms with Crippen LogP contribution < -0.4 is 10.5 Å². The summed E-state index contributed by atoms with van der Waals surface area (Å²) in [4.78, 5) is 6.66. The van der Waals surface area contributed by atoms with E-state index in [-0.39, 0.29) is 6.54 Å². The minimum atomic E-state index is 0.282. The normalized spacial score (nSPS) is 18.7. The molecule has 1 atom stereocenters. The monoisotopic (exact) mass is 350 g/mol. The Morgan fingerprint density at radius 3 is 3.08 bits per heavy atom. The van der Waals surface area contributed by atoms with E-state index in [1.165, 1.54) is 12.0 Å². The second-order valence-electron chi connectivity index (χ2n) is 6.21. The van der Waals surface area contributed by atoms with Gasteiger partial charge in [0.05, 0.1) is 20.2 Å². The Morgan fingerprint density at radius 1 is 1.46 bits per heavy atom. The minimum absolute atomic E-state index is 0.282. The number of benzene rings is 1. The maximum atomic E-state index is 6.14. The molecule has 0 aliphatic carbocycles. The van der Waals surface area contributed by atoms with Crippen molar-refractivity contribution in [3.63, 3.8) is 0 Å². The van der Waals surface area contributed by atoms with E-state index in [2.05, 4.69) is 15.0 Å². The van der Waals surface area contributed by atoms with E-state index in [1.54, 1.807) is 7.11 Å². The van der Waals surface area contributed by atoms with E-state index in [0.717, 1.165) is 36.7 Å². The van der Waals surface area contributed by atoms with Crippen molar-refractivity contribution in [1.29, 1.82) is 0 Å². The van der Waals surface area contributed by atoms with E-state index in [9.17, 15) is 0 Å². The Bertz CT molecular complexity index is 676. The van der Waals surface area contributed by atoms with Gasteiger partial charge < -0.3 is 15.0 Å². The van der Waals surface area contributed by atoms with Crippen molar-refractivity contribution in [2.45, 2.75) is 32.4 Å². The lowest BCUT2D eigenvalue weighted by Crippen LogP contribution is -2.36. The lowest BCUT2D eigenvalue weighted by atomic mass is 9.91. The van der Waals surface area contributed by atoms with Crippen LogP contribution in [-0.2, 0) is 19.5 Å². The van der Waals surface area contributed by atoms with Crippen LogP contribution in [0.15, 0.2) is 22.7 Å². The summed E-state index contributed by atoms with van der Waals surface area (Å²) in [6.07, 6.45) is 3.32. The van der Waals surface area contributed by atoms with Crippen molar-refractivity contribution in [2.75, 3.05) is 20.2 Å². The molecule has 1 aliphatic rings.